The number of carbonyl (C=O) groups is 2. The molecule has 0 aromatic heterocycles. The first-order chi connectivity index (χ1) is 9.03. The average molecular weight is 298 g/mol. The van der Waals surface area contributed by atoms with E-state index in [2.05, 4.69) is 5.32 Å². The van der Waals surface area contributed by atoms with Crippen LogP contribution in [-0.4, -0.2) is 17.4 Å². The molecule has 0 radical (unpaired) electrons. The van der Waals surface area contributed by atoms with E-state index in [1.165, 1.54) is 0 Å². The maximum absolute atomic E-state index is 12.2. The molecule has 2 rings (SSSR count). The predicted molar refractivity (Wildman–Crippen MR) is 80.6 cm³/mol. The van der Waals surface area contributed by atoms with Crippen LogP contribution >= 0.6 is 12.4 Å². The molecule has 6 heteroatoms. The Balaban J connectivity index is 0.00000200. The van der Waals surface area contributed by atoms with Crippen LogP contribution < -0.4 is 16.8 Å². The number of hydrogen-bond donors (Lipinski definition) is 3. The molecule has 0 atom stereocenters. The van der Waals surface area contributed by atoms with Gasteiger partial charge in [-0.3, -0.25) is 9.59 Å². The van der Waals surface area contributed by atoms with Gasteiger partial charge in [-0.1, -0.05) is 25.3 Å². The molecule has 0 saturated heterocycles. The number of nitrogen functional groups attached to an aromatic ring is 1. The van der Waals surface area contributed by atoms with Gasteiger partial charge in [0, 0.05) is 11.3 Å². The number of benzene rings is 1. The third kappa shape index (κ3) is 3.42. The van der Waals surface area contributed by atoms with Crippen molar-refractivity contribution in [3.63, 3.8) is 0 Å². The third-order valence-corrected chi connectivity index (χ3v) is 3.68. The Morgan fingerprint density at radius 1 is 1.15 bits per heavy atom. The highest BCUT2D eigenvalue weighted by molar-refractivity contribution is 5.99. The summed E-state index contributed by atoms with van der Waals surface area (Å²) < 4.78 is 0. The normalized spacial score (nSPS) is 16.8. The Kier molecular flexibility index (Phi) is 5.39. The van der Waals surface area contributed by atoms with Crippen molar-refractivity contribution < 1.29 is 9.59 Å². The molecule has 1 aliphatic rings. The van der Waals surface area contributed by atoms with Gasteiger partial charge in [0.1, 0.15) is 5.54 Å². The van der Waals surface area contributed by atoms with E-state index in [1.54, 1.807) is 24.3 Å². The first kappa shape index (κ1) is 16.3. The molecule has 110 valence electrons. The molecule has 1 aromatic rings. The van der Waals surface area contributed by atoms with Crippen LogP contribution in [0.5, 0.6) is 0 Å². The molecule has 0 spiro atoms. The largest absolute Gasteiger partial charge is 0.399 e. The zero-order valence-electron chi connectivity index (χ0n) is 11.2. The maximum atomic E-state index is 12.2. The quantitative estimate of drug-likeness (QED) is 0.739. The fraction of sp³-hybridized carbons (Fsp3) is 0.429. The molecule has 0 bridgehead atoms. The average Bonchev–Trinajstić information content (AvgIpc) is 2.39. The zero-order chi connectivity index (χ0) is 13.9. The van der Waals surface area contributed by atoms with Crippen LogP contribution in [0.25, 0.3) is 0 Å². The smallest absolute Gasteiger partial charge is 0.252 e. The van der Waals surface area contributed by atoms with E-state index in [1.807, 2.05) is 0 Å². The summed E-state index contributed by atoms with van der Waals surface area (Å²) in [6, 6.07) is 6.68. The number of hydrogen-bond acceptors (Lipinski definition) is 3. The topological polar surface area (TPSA) is 98.2 Å². The summed E-state index contributed by atoms with van der Waals surface area (Å²) in [6.45, 7) is 0. The molecule has 5 nitrogen and oxygen atoms in total. The molecule has 2 amide bonds. The van der Waals surface area contributed by atoms with Gasteiger partial charge in [0.2, 0.25) is 5.91 Å². The second kappa shape index (κ2) is 6.61. The van der Waals surface area contributed by atoms with Crippen LogP contribution in [0, 0.1) is 0 Å². The molecule has 0 heterocycles. The summed E-state index contributed by atoms with van der Waals surface area (Å²) in [5.41, 5.74) is 11.2. The Morgan fingerprint density at radius 3 is 2.35 bits per heavy atom. The van der Waals surface area contributed by atoms with Gasteiger partial charge in [-0.05, 0) is 31.0 Å². The summed E-state index contributed by atoms with van der Waals surface area (Å²) in [7, 11) is 0. The molecular weight excluding hydrogens is 278 g/mol. The monoisotopic (exact) mass is 297 g/mol. The fourth-order valence-electron chi connectivity index (χ4n) is 2.56. The van der Waals surface area contributed by atoms with Crippen molar-refractivity contribution in [2.24, 2.45) is 5.73 Å². The van der Waals surface area contributed by atoms with E-state index in [0.29, 0.717) is 24.1 Å². The highest BCUT2D eigenvalue weighted by atomic mass is 35.5. The van der Waals surface area contributed by atoms with E-state index in [4.69, 9.17) is 11.5 Å². The lowest BCUT2D eigenvalue weighted by atomic mass is 9.81. The Hall–Kier alpha value is -1.75. The van der Waals surface area contributed by atoms with E-state index >= 15 is 0 Å². The molecule has 1 aliphatic carbocycles. The summed E-state index contributed by atoms with van der Waals surface area (Å²) >= 11 is 0. The van der Waals surface area contributed by atoms with Crippen LogP contribution in [0.1, 0.15) is 42.5 Å². The van der Waals surface area contributed by atoms with E-state index < -0.39 is 11.4 Å². The van der Waals surface area contributed by atoms with Gasteiger partial charge in [0.25, 0.3) is 5.91 Å². The molecule has 20 heavy (non-hydrogen) atoms. The van der Waals surface area contributed by atoms with Gasteiger partial charge >= 0.3 is 0 Å². The van der Waals surface area contributed by atoms with Crippen LogP contribution in [0.2, 0.25) is 0 Å². The second-order valence-corrected chi connectivity index (χ2v) is 5.09. The molecule has 5 N–H and O–H groups in total. The molecule has 1 aromatic carbocycles. The standard InChI is InChI=1S/C14H19N3O2.ClH/c15-11-6-4-5-10(9-11)12(18)17-14(13(16)19)7-2-1-3-8-14;/h4-6,9H,1-3,7-8,15H2,(H2,16,19)(H,17,18);1H. The maximum Gasteiger partial charge on any atom is 0.252 e. The zero-order valence-corrected chi connectivity index (χ0v) is 12.0. The van der Waals surface area contributed by atoms with Crippen molar-refractivity contribution >= 4 is 29.9 Å². The van der Waals surface area contributed by atoms with Crippen molar-refractivity contribution in [3.05, 3.63) is 29.8 Å². The summed E-state index contributed by atoms with van der Waals surface area (Å²) in [6.07, 6.45) is 4.09. The van der Waals surface area contributed by atoms with Crippen LogP contribution in [0.4, 0.5) is 5.69 Å². The molecular formula is C14H20ClN3O2. The Morgan fingerprint density at radius 2 is 1.80 bits per heavy atom. The first-order valence-electron chi connectivity index (χ1n) is 6.51. The first-order valence-corrected chi connectivity index (χ1v) is 6.51. The number of carbonyl (C=O) groups excluding carboxylic acids is 2. The van der Waals surface area contributed by atoms with Crippen molar-refractivity contribution in [2.75, 3.05) is 5.73 Å². The number of amides is 2. The summed E-state index contributed by atoms with van der Waals surface area (Å²) in [4.78, 5) is 23.9. The van der Waals surface area contributed by atoms with Gasteiger partial charge in [0.05, 0.1) is 0 Å². The number of anilines is 1. The third-order valence-electron chi connectivity index (χ3n) is 3.68. The molecule has 1 fully saturated rings. The second-order valence-electron chi connectivity index (χ2n) is 5.09. The molecule has 0 unspecified atom stereocenters. The van der Waals surface area contributed by atoms with Crippen LogP contribution in [0.15, 0.2) is 24.3 Å². The lowest BCUT2D eigenvalue weighted by Crippen LogP contribution is -2.58. The van der Waals surface area contributed by atoms with E-state index in [0.717, 1.165) is 19.3 Å². The van der Waals surface area contributed by atoms with Gasteiger partial charge < -0.3 is 16.8 Å². The molecule has 1 saturated carbocycles. The lowest BCUT2D eigenvalue weighted by molar-refractivity contribution is -0.125. The number of primary amides is 1. The minimum absolute atomic E-state index is 0. The minimum atomic E-state index is -0.903. The van der Waals surface area contributed by atoms with E-state index in [-0.39, 0.29) is 18.3 Å². The van der Waals surface area contributed by atoms with Crippen molar-refractivity contribution in [1.29, 1.82) is 0 Å². The van der Waals surface area contributed by atoms with Crippen molar-refractivity contribution in [3.8, 4) is 0 Å². The highest BCUT2D eigenvalue weighted by Gasteiger charge is 2.39. The number of halogens is 1. The number of nitrogens with two attached hydrogens (primary N) is 2. The van der Waals surface area contributed by atoms with Gasteiger partial charge in [-0.25, -0.2) is 0 Å². The van der Waals surface area contributed by atoms with E-state index in [9.17, 15) is 9.59 Å². The molecule has 0 aliphatic heterocycles. The summed E-state index contributed by atoms with van der Waals surface area (Å²) in [5.74, 6) is -0.752. The highest BCUT2D eigenvalue weighted by Crippen LogP contribution is 2.28. The SMILES string of the molecule is Cl.NC(=O)C1(NC(=O)c2cccc(N)c2)CCCCC1. The fourth-order valence-corrected chi connectivity index (χ4v) is 2.56. The predicted octanol–water partition coefficient (Wildman–Crippen LogP) is 1.61. The van der Waals surface area contributed by atoms with Crippen LogP contribution in [-0.2, 0) is 4.79 Å². The number of nitrogens with one attached hydrogen (secondary N) is 1. The lowest BCUT2D eigenvalue weighted by Gasteiger charge is -2.35. The van der Waals surface area contributed by atoms with Gasteiger partial charge in [-0.15, -0.1) is 12.4 Å². The van der Waals surface area contributed by atoms with Gasteiger partial charge in [-0.2, -0.15) is 0 Å². The van der Waals surface area contributed by atoms with Crippen LogP contribution in [0.3, 0.4) is 0 Å². The Bertz CT molecular complexity index is 499. The minimum Gasteiger partial charge on any atom is -0.399 e. The van der Waals surface area contributed by atoms with Gasteiger partial charge in [0.15, 0.2) is 0 Å². The number of rotatable bonds is 3. The van der Waals surface area contributed by atoms with Crippen molar-refractivity contribution in [2.45, 2.75) is 37.6 Å². The Labute approximate surface area is 124 Å². The van der Waals surface area contributed by atoms with Crippen molar-refractivity contribution in [1.82, 2.24) is 5.32 Å². The summed E-state index contributed by atoms with van der Waals surface area (Å²) in [5, 5.41) is 2.81.